The molecule has 1 aromatic carbocycles. The van der Waals surface area contributed by atoms with Crippen molar-refractivity contribution in [3.8, 4) is 0 Å². The third-order valence-corrected chi connectivity index (χ3v) is 8.64. The monoisotopic (exact) mass is 514 g/mol. The Hall–Kier alpha value is -3.27. The second kappa shape index (κ2) is 9.89. The quantitative estimate of drug-likeness (QED) is 0.554. The number of benzene rings is 1. The van der Waals surface area contributed by atoms with Gasteiger partial charge in [-0.3, -0.25) is 14.8 Å². The van der Waals surface area contributed by atoms with E-state index in [2.05, 4.69) is 75.5 Å². The third-order valence-electron chi connectivity index (χ3n) is 7.44. The van der Waals surface area contributed by atoms with Crippen LogP contribution in [0.3, 0.4) is 0 Å². The molecule has 9 heteroatoms. The second-order valence-electron chi connectivity index (χ2n) is 10.0. The first kappa shape index (κ1) is 24.1. The third kappa shape index (κ3) is 4.52. The van der Waals surface area contributed by atoms with Gasteiger partial charge in [-0.1, -0.05) is 19.1 Å². The van der Waals surface area contributed by atoms with Crippen molar-refractivity contribution >= 4 is 35.0 Å². The van der Waals surface area contributed by atoms with Crippen LogP contribution in [-0.4, -0.2) is 59.0 Å². The summed E-state index contributed by atoms with van der Waals surface area (Å²) in [6, 6.07) is 12.7. The molecule has 0 saturated carbocycles. The Morgan fingerprint density at radius 2 is 1.97 bits per heavy atom. The Morgan fingerprint density at radius 3 is 2.81 bits per heavy atom. The maximum absolute atomic E-state index is 13.7. The van der Waals surface area contributed by atoms with Crippen LogP contribution in [-0.2, 0) is 11.3 Å². The molecule has 1 fully saturated rings. The van der Waals surface area contributed by atoms with E-state index in [1.807, 2.05) is 6.92 Å². The molecule has 6 rings (SSSR count). The fraction of sp³-hybridized carbons (Fsp3) is 0.357. The van der Waals surface area contributed by atoms with Crippen molar-refractivity contribution < 1.29 is 9.69 Å². The molecule has 1 saturated heterocycles. The maximum Gasteiger partial charge on any atom is 0.254 e. The van der Waals surface area contributed by atoms with Crippen molar-refractivity contribution in [1.29, 1.82) is 0 Å². The fourth-order valence-electron chi connectivity index (χ4n) is 5.36. The number of anilines is 1. The first-order valence-corrected chi connectivity index (χ1v) is 13.7. The van der Waals surface area contributed by atoms with Gasteiger partial charge in [0.15, 0.2) is 10.7 Å². The van der Waals surface area contributed by atoms with Gasteiger partial charge >= 0.3 is 0 Å². The number of carbonyl (C=O) groups is 1. The first-order chi connectivity index (χ1) is 18.0. The highest BCUT2D eigenvalue weighted by molar-refractivity contribution is 8.03. The molecule has 2 aromatic heterocycles. The number of pyridine rings is 1. The highest BCUT2D eigenvalue weighted by Crippen LogP contribution is 2.45. The van der Waals surface area contributed by atoms with E-state index in [4.69, 9.17) is 4.98 Å². The SMILES string of the molecule is Cc1cnc(CNC(=O)C2=C3Sc4ccccc4[NH+]3c3nc(N4CCCN(C)CC4)ccc3C2C)cn1. The van der Waals surface area contributed by atoms with Gasteiger partial charge in [0.25, 0.3) is 5.91 Å². The molecular formula is C28H32N7OS+. The normalized spacial score (nSPS) is 21.2. The highest BCUT2D eigenvalue weighted by Gasteiger charge is 2.46. The zero-order valence-corrected chi connectivity index (χ0v) is 22.3. The molecule has 190 valence electrons. The lowest BCUT2D eigenvalue weighted by atomic mass is 9.89. The summed E-state index contributed by atoms with van der Waals surface area (Å²) in [6.07, 6.45) is 4.57. The number of nitrogens with one attached hydrogen (secondary N) is 2. The molecule has 3 aliphatic rings. The number of carbonyl (C=O) groups excluding carboxylic acids is 1. The number of thioether (sulfide) groups is 1. The molecular weight excluding hydrogens is 482 g/mol. The smallest absolute Gasteiger partial charge is 0.254 e. The first-order valence-electron chi connectivity index (χ1n) is 12.9. The zero-order chi connectivity index (χ0) is 25.5. The van der Waals surface area contributed by atoms with E-state index >= 15 is 0 Å². The molecule has 2 unspecified atom stereocenters. The summed E-state index contributed by atoms with van der Waals surface area (Å²) in [4.78, 5) is 34.7. The van der Waals surface area contributed by atoms with Crippen LogP contribution in [0.2, 0.25) is 0 Å². The van der Waals surface area contributed by atoms with E-state index in [1.165, 1.54) is 4.90 Å². The number of aryl methyl sites for hydroxylation is 1. The molecule has 0 aliphatic carbocycles. The molecule has 1 amide bonds. The lowest BCUT2D eigenvalue weighted by Crippen LogP contribution is -3.00. The Bertz CT molecular complexity index is 1370. The lowest BCUT2D eigenvalue weighted by molar-refractivity contribution is -0.708. The van der Waals surface area contributed by atoms with Gasteiger partial charge in [0, 0.05) is 43.4 Å². The minimum Gasteiger partial charge on any atom is -0.355 e. The number of aromatic nitrogens is 3. The summed E-state index contributed by atoms with van der Waals surface area (Å²) < 4.78 is 0. The van der Waals surface area contributed by atoms with Crippen LogP contribution in [0.25, 0.3) is 0 Å². The average Bonchev–Trinajstić information content (AvgIpc) is 3.15. The number of fused-ring (bicyclic) bond motifs is 5. The van der Waals surface area contributed by atoms with Crippen molar-refractivity contribution in [2.24, 2.45) is 0 Å². The predicted molar refractivity (Wildman–Crippen MR) is 145 cm³/mol. The summed E-state index contributed by atoms with van der Waals surface area (Å²) in [5.41, 5.74) is 4.66. The number of amides is 1. The van der Waals surface area contributed by atoms with Crippen molar-refractivity contribution in [3.63, 3.8) is 0 Å². The Kier molecular flexibility index (Phi) is 6.44. The van der Waals surface area contributed by atoms with E-state index in [1.54, 1.807) is 24.2 Å². The van der Waals surface area contributed by atoms with E-state index in [0.717, 1.165) is 82.4 Å². The molecule has 0 radical (unpaired) electrons. The minimum absolute atomic E-state index is 0.0621. The van der Waals surface area contributed by atoms with Crippen molar-refractivity contribution in [2.45, 2.75) is 37.6 Å². The summed E-state index contributed by atoms with van der Waals surface area (Å²) in [5.74, 6) is 1.90. The van der Waals surface area contributed by atoms with Crippen LogP contribution in [0.4, 0.5) is 17.3 Å². The summed E-state index contributed by atoms with van der Waals surface area (Å²) in [7, 11) is 2.18. The van der Waals surface area contributed by atoms with E-state index < -0.39 is 0 Å². The van der Waals surface area contributed by atoms with E-state index in [9.17, 15) is 4.79 Å². The van der Waals surface area contributed by atoms with Gasteiger partial charge in [-0.25, -0.2) is 4.90 Å². The maximum atomic E-state index is 13.7. The van der Waals surface area contributed by atoms with Crippen LogP contribution >= 0.6 is 11.8 Å². The van der Waals surface area contributed by atoms with Gasteiger partial charge in [-0.05, 0) is 56.9 Å². The molecule has 3 aromatic rings. The van der Waals surface area contributed by atoms with Crippen LogP contribution in [0.1, 0.15) is 36.2 Å². The molecule has 2 N–H and O–H groups in total. The molecule has 2 atom stereocenters. The number of quaternary nitrogens is 1. The number of likely N-dealkylation sites (N-methyl/N-ethyl adjacent to an activating group) is 1. The summed E-state index contributed by atoms with van der Waals surface area (Å²) >= 11 is 1.69. The molecule has 0 bridgehead atoms. The highest BCUT2D eigenvalue weighted by atomic mass is 32.2. The van der Waals surface area contributed by atoms with Gasteiger partial charge < -0.3 is 15.1 Å². The number of para-hydroxylation sites is 1. The number of rotatable bonds is 4. The molecule has 5 heterocycles. The van der Waals surface area contributed by atoms with E-state index in [-0.39, 0.29) is 11.8 Å². The Morgan fingerprint density at radius 1 is 1.11 bits per heavy atom. The fourth-order valence-corrected chi connectivity index (χ4v) is 6.69. The van der Waals surface area contributed by atoms with Gasteiger partial charge in [0.1, 0.15) is 5.82 Å². The second-order valence-corrected chi connectivity index (χ2v) is 11.1. The number of hydrogen-bond acceptors (Lipinski definition) is 7. The zero-order valence-electron chi connectivity index (χ0n) is 21.5. The topological polar surface area (TPSA) is 78.7 Å². The van der Waals surface area contributed by atoms with Crippen molar-refractivity contribution in [3.05, 3.63) is 76.3 Å². The predicted octanol–water partition coefficient (Wildman–Crippen LogP) is 2.92. The minimum atomic E-state index is -0.0727. The number of hydrogen-bond donors (Lipinski definition) is 2. The van der Waals surface area contributed by atoms with Crippen LogP contribution in [0.5, 0.6) is 0 Å². The largest absolute Gasteiger partial charge is 0.355 e. The summed E-state index contributed by atoms with van der Waals surface area (Å²) in [6.45, 7) is 8.48. The molecule has 3 aliphatic heterocycles. The van der Waals surface area contributed by atoms with Crippen LogP contribution in [0, 0.1) is 6.92 Å². The van der Waals surface area contributed by atoms with Crippen molar-refractivity contribution in [2.75, 3.05) is 38.1 Å². The number of nitrogens with zero attached hydrogens (tertiary/aromatic N) is 5. The van der Waals surface area contributed by atoms with Gasteiger partial charge in [0.2, 0.25) is 5.82 Å². The van der Waals surface area contributed by atoms with Gasteiger partial charge in [-0.15, -0.1) is 0 Å². The van der Waals surface area contributed by atoms with Gasteiger partial charge in [-0.2, -0.15) is 4.98 Å². The van der Waals surface area contributed by atoms with Gasteiger partial charge in [0.05, 0.1) is 34.6 Å². The standard InChI is InChI=1S/C28H31N7OS/c1-18-15-30-20(16-29-18)17-31-27(36)25-19(2)21-9-10-24(34-12-6-11-33(3)13-14-34)32-26(21)35-22-7-4-5-8-23(22)37-28(25)35/h4-5,7-10,15-16,19H,6,11-14,17H2,1-3H3,(H,31,36)/p+1. The summed E-state index contributed by atoms with van der Waals surface area (Å²) in [5, 5.41) is 4.13. The molecule has 8 nitrogen and oxygen atoms in total. The average molecular weight is 515 g/mol. The molecule has 37 heavy (non-hydrogen) atoms. The molecule has 0 spiro atoms. The van der Waals surface area contributed by atoms with Crippen LogP contribution < -0.4 is 15.1 Å². The van der Waals surface area contributed by atoms with E-state index in [0.29, 0.717) is 6.54 Å². The Labute approximate surface area is 221 Å². The Balaban J connectivity index is 1.36. The lowest BCUT2D eigenvalue weighted by Gasteiger charge is -2.29. The van der Waals surface area contributed by atoms with Crippen molar-refractivity contribution in [1.82, 2.24) is 25.2 Å². The van der Waals surface area contributed by atoms with Crippen LogP contribution in [0.15, 0.2) is 64.3 Å².